The van der Waals surface area contributed by atoms with Crippen LogP contribution in [0.2, 0.25) is 0 Å². The molecule has 0 unspecified atom stereocenters. The number of likely N-dealkylation sites (tertiary alicyclic amines) is 1. The summed E-state index contributed by atoms with van der Waals surface area (Å²) in [6, 6.07) is 6.76. The standard InChI is InChI=1S/C21H29N3O2/c1-25-13-12-24-10-8-15(9-11-24)22-21-17-4-3-5-19(17)23-20-7-6-16(26-2)14-18(20)21/h6-7,14-15H,3-5,8-13H2,1-2H3,(H,22,23). The number of aryl methyl sites for hydroxylation is 1. The first-order valence-electron chi connectivity index (χ1n) is 9.76. The Labute approximate surface area is 155 Å². The van der Waals surface area contributed by atoms with E-state index in [9.17, 15) is 0 Å². The second kappa shape index (κ2) is 7.80. The molecule has 0 atom stereocenters. The lowest BCUT2D eigenvalue weighted by atomic mass is 10.0. The first-order chi connectivity index (χ1) is 12.8. The topological polar surface area (TPSA) is 46.6 Å². The zero-order valence-corrected chi connectivity index (χ0v) is 15.9. The van der Waals surface area contributed by atoms with Crippen LogP contribution in [-0.4, -0.2) is 56.4 Å². The van der Waals surface area contributed by atoms with Crippen LogP contribution >= 0.6 is 0 Å². The minimum Gasteiger partial charge on any atom is -0.497 e. The minimum absolute atomic E-state index is 0.523. The van der Waals surface area contributed by atoms with Gasteiger partial charge < -0.3 is 19.7 Å². The van der Waals surface area contributed by atoms with Gasteiger partial charge in [0, 0.05) is 49.6 Å². The zero-order chi connectivity index (χ0) is 17.9. The van der Waals surface area contributed by atoms with Crippen molar-refractivity contribution >= 4 is 16.6 Å². The fraction of sp³-hybridized carbons (Fsp3) is 0.571. The van der Waals surface area contributed by atoms with Crippen LogP contribution in [0.4, 0.5) is 5.69 Å². The molecule has 1 aromatic heterocycles. The van der Waals surface area contributed by atoms with E-state index < -0.39 is 0 Å². The van der Waals surface area contributed by atoms with Gasteiger partial charge in [0.05, 0.1) is 19.2 Å². The Morgan fingerprint density at radius 1 is 1.19 bits per heavy atom. The molecule has 2 aliphatic rings. The largest absolute Gasteiger partial charge is 0.497 e. The van der Waals surface area contributed by atoms with Crippen LogP contribution in [0.25, 0.3) is 10.9 Å². The predicted molar refractivity (Wildman–Crippen MR) is 105 cm³/mol. The lowest BCUT2D eigenvalue weighted by molar-refractivity contribution is 0.132. The number of benzene rings is 1. The van der Waals surface area contributed by atoms with Gasteiger partial charge in [-0.1, -0.05) is 0 Å². The van der Waals surface area contributed by atoms with Crippen LogP contribution in [0.3, 0.4) is 0 Å². The Hall–Kier alpha value is -1.85. The van der Waals surface area contributed by atoms with Crippen molar-refractivity contribution in [2.75, 3.05) is 45.8 Å². The molecule has 26 heavy (non-hydrogen) atoms. The number of piperidine rings is 1. The Kier molecular flexibility index (Phi) is 5.27. The number of anilines is 1. The highest BCUT2D eigenvalue weighted by Gasteiger charge is 2.24. The van der Waals surface area contributed by atoms with Gasteiger partial charge in [0.1, 0.15) is 5.75 Å². The summed E-state index contributed by atoms with van der Waals surface area (Å²) in [6.45, 7) is 4.12. The molecule has 1 saturated heterocycles. The summed E-state index contributed by atoms with van der Waals surface area (Å²) in [6.07, 6.45) is 5.78. The average Bonchev–Trinajstić information content (AvgIpc) is 3.15. The number of rotatable bonds is 6. The second-order valence-corrected chi connectivity index (χ2v) is 7.40. The van der Waals surface area contributed by atoms with Crippen molar-refractivity contribution in [1.82, 2.24) is 9.88 Å². The summed E-state index contributed by atoms with van der Waals surface area (Å²) in [7, 11) is 3.50. The number of aromatic nitrogens is 1. The van der Waals surface area contributed by atoms with Crippen molar-refractivity contribution in [3.05, 3.63) is 29.5 Å². The van der Waals surface area contributed by atoms with Crippen LogP contribution in [0, 0.1) is 0 Å². The van der Waals surface area contributed by atoms with Gasteiger partial charge >= 0.3 is 0 Å². The normalized spacial score (nSPS) is 18.2. The highest BCUT2D eigenvalue weighted by Crippen LogP contribution is 2.36. The number of hydrogen-bond donors (Lipinski definition) is 1. The third-order valence-corrected chi connectivity index (χ3v) is 5.77. The van der Waals surface area contributed by atoms with Crippen molar-refractivity contribution in [2.45, 2.75) is 38.1 Å². The van der Waals surface area contributed by atoms with E-state index in [0.717, 1.165) is 50.3 Å². The summed E-state index contributed by atoms with van der Waals surface area (Å²) >= 11 is 0. The molecule has 5 nitrogen and oxygen atoms in total. The Morgan fingerprint density at radius 3 is 2.81 bits per heavy atom. The van der Waals surface area contributed by atoms with Gasteiger partial charge in [0.15, 0.2) is 0 Å². The maximum Gasteiger partial charge on any atom is 0.119 e. The molecule has 5 heteroatoms. The molecule has 0 radical (unpaired) electrons. The Bertz CT molecular complexity index is 769. The molecule has 0 bridgehead atoms. The first kappa shape index (κ1) is 17.6. The number of fused-ring (bicyclic) bond motifs is 2. The Balaban J connectivity index is 1.58. The van der Waals surface area contributed by atoms with Crippen molar-refractivity contribution in [3.63, 3.8) is 0 Å². The number of ether oxygens (including phenoxy) is 2. The molecule has 0 saturated carbocycles. The fourth-order valence-corrected chi connectivity index (χ4v) is 4.26. The summed E-state index contributed by atoms with van der Waals surface area (Å²) in [5.74, 6) is 0.898. The highest BCUT2D eigenvalue weighted by atomic mass is 16.5. The number of nitrogens with one attached hydrogen (secondary N) is 1. The van der Waals surface area contributed by atoms with Gasteiger partial charge in [0.25, 0.3) is 0 Å². The quantitative estimate of drug-likeness (QED) is 0.862. The van der Waals surface area contributed by atoms with E-state index in [1.165, 1.54) is 41.6 Å². The fourth-order valence-electron chi connectivity index (χ4n) is 4.26. The lowest BCUT2D eigenvalue weighted by Gasteiger charge is -2.33. The summed E-state index contributed by atoms with van der Waals surface area (Å²) in [5.41, 5.74) is 5.08. The van der Waals surface area contributed by atoms with Crippen molar-refractivity contribution in [3.8, 4) is 5.75 Å². The van der Waals surface area contributed by atoms with Crippen molar-refractivity contribution in [1.29, 1.82) is 0 Å². The third kappa shape index (κ3) is 3.51. The average molecular weight is 355 g/mol. The van der Waals surface area contributed by atoms with Crippen LogP contribution < -0.4 is 10.1 Å². The van der Waals surface area contributed by atoms with Crippen LogP contribution in [0.1, 0.15) is 30.5 Å². The minimum atomic E-state index is 0.523. The molecule has 2 heterocycles. The third-order valence-electron chi connectivity index (χ3n) is 5.77. The lowest BCUT2D eigenvalue weighted by Crippen LogP contribution is -2.40. The first-order valence-corrected chi connectivity index (χ1v) is 9.76. The van der Waals surface area contributed by atoms with E-state index in [1.807, 2.05) is 6.07 Å². The van der Waals surface area contributed by atoms with Gasteiger partial charge in [0.2, 0.25) is 0 Å². The highest BCUT2D eigenvalue weighted by molar-refractivity contribution is 5.94. The summed E-state index contributed by atoms with van der Waals surface area (Å²) in [4.78, 5) is 7.41. The van der Waals surface area contributed by atoms with Crippen molar-refractivity contribution in [2.24, 2.45) is 0 Å². The van der Waals surface area contributed by atoms with Crippen LogP contribution in [-0.2, 0) is 17.6 Å². The molecule has 1 N–H and O–H groups in total. The van der Waals surface area contributed by atoms with Crippen LogP contribution in [0.15, 0.2) is 18.2 Å². The van der Waals surface area contributed by atoms with Gasteiger partial charge in [-0.3, -0.25) is 4.98 Å². The predicted octanol–water partition coefficient (Wildman–Crippen LogP) is 3.25. The Morgan fingerprint density at radius 2 is 2.04 bits per heavy atom. The molecule has 4 rings (SSSR count). The smallest absolute Gasteiger partial charge is 0.119 e. The number of hydrogen-bond acceptors (Lipinski definition) is 5. The summed E-state index contributed by atoms with van der Waals surface area (Å²) in [5, 5.41) is 5.10. The monoisotopic (exact) mass is 355 g/mol. The number of nitrogens with zero attached hydrogens (tertiary/aromatic N) is 2. The number of methoxy groups -OCH3 is 2. The SMILES string of the molecule is COCCN1CCC(Nc2c3c(nc4ccc(OC)cc24)CCC3)CC1. The van der Waals surface area contributed by atoms with E-state index in [1.54, 1.807) is 14.2 Å². The maximum absolute atomic E-state index is 5.46. The molecule has 1 aliphatic carbocycles. The van der Waals surface area contributed by atoms with E-state index in [-0.39, 0.29) is 0 Å². The van der Waals surface area contributed by atoms with Crippen LogP contribution in [0.5, 0.6) is 5.75 Å². The van der Waals surface area contributed by atoms with E-state index in [0.29, 0.717) is 6.04 Å². The van der Waals surface area contributed by atoms with E-state index in [2.05, 4.69) is 22.3 Å². The molecule has 140 valence electrons. The van der Waals surface area contributed by atoms with E-state index >= 15 is 0 Å². The van der Waals surface area contributed by atoms with E-state index in [4.69, 9.17) is 14.5 Å². The van der Waals surface area contributed by atoms with Gasteiger partial charge in [-0.25, -0.2) is 0 Å². The molecule has 1 fully saturated rings. The van der Waals surface area contributed by atoms with Gasteiger partial charge in [-0.2, -0.15) is 0 Å². The second-order valence-electron chi connectivity index (χ2n) is 7.40. The van der Waals surface area contributed by atoms with Crippen molar-refractivity contribution < 1.29 is 9.47 Å². The molecule has 2 aromatic rings. The molecular weight excluding hydrogens is 326 g/mol. The van der Waals surface area contributed by atoms with Gasteiger partial charge in [-0.05, 0) is 55.9 Å². The number of pyridine rings is 1. The molecule has 0 amide bonds. The zero-order valence-electron chi connectivity index (χ0n) is 15.9. The molecule has 1 aromatic carbocycles. The summed E-state index contributed by atoms with van der Waals surface area (Å²) < 4.78 is 10.7. The maximum atomic E-state index is 5.46. The molecule has 0 spiro atoms. The van der Waals surface area contributed by atoms with Gasteiger partial charge in [-0.15, -0.1) is 0 Å². The molecular formula is C21H29N3O2. The molecule has 1 aliphatic heterocycles.